The number of carbonyl (C=O) groups excluding carboxylic acids is 1. The van der Waals surface area contributed by atoms with Gasteiger partial charge in [-0.2, -0.15) is 0 Å². The summed E-state index contributed by atoms with van der Waals surface area (Å²) in [7, 11) is 0. The summed E-state index contributed by atoms with van der Waals surface area (Å²) < 4.78 is 4.77. The normalized spacial score (nSPS) is 9.08. The number of rotatable bonds is 7. The molecule has 5 heteroatoms. The molecule has 80 valence electrons. The van der Waals surface area contributed by atoms with Gasteiger partial charge in [-0.25, -0.2) is 0 Å². The van der Waals surface area contributed by atoms with Gasteiger partial charge >= 0.3 is 5.97 Å². The van der Waals surface area contributed by atoms with Crippen molar-refractivity contribution < 1.29 is 9.53 Å². The van der Waals surface area contributed by atoms with E-state index in [0.29, 0.717) is 13.0 Å². The van der Waals surface area contributed by atoms with Gasteiger partial charge in [0.15, 0.2) is 0 Å². The number of ether oxygens (including phenoxy) is 1. The standard InChI is InChI=1S/C8H18N2O2.ClH/c1-2-12-8(11)6-4-3-5-7-10-9;/h10H,2-7,9H2,1H3;1H. The van der Waals surface area contributed by atoms with Crippen molar-refractivity contribution in [3.05, 3.63) is 0 Å². The van der Waals surface area contributed by atoms with Crippen molar-refractivity contribution in [2.45, 2.75) is 32.6 Å². The van der Waals surface area contributed by atoms with Crippen molar-refractivity contribution in [1.82, 2.24) is 5.43 Å². The van der Waals surface area contributed by atoms with Crippen molar-refractivity contribution >= 4 is 18.4 Å². The van der Waals surface area contributed by atoms with Gasteiger partial charge in [-0.3, -0.25) is 16.1 Å². The summed E-state index contributed by atoms with van der Waals surface area (Å²) in [5.41, 5.74) is 2.56. The molecule has 0 fully saturated rings. The first-order valence-electron chi connectivity index (χ1n) is 4.40. The number of hydrazine groups is 1. The minimum Gasteiger partial charge on any atom is -0.466 e. The third-order valence-corrected chi connectivity index (χ3v) is 1.51. The fourth-order valence-electron chi connectivity index (χ4n) is 0.906. The van der Waals surface area contributed by atoms with Crippen molar-refractivity contribution in [2.24, 2.45) is 5.84 Å². The van der Waals surface area contributed by atoms with Crippen LogP contribution in [0.15, 0.2) is 0 Å². The second-order valence-corrected chi connectivity index (χ2v) is 2.57. The quantitative estimate of drug-likeness (QED) is 0.285. The predicted molar refractivity (Wildman–Crippen MR) is 54.5 cm³/mol. The van der Waals surface area contributed by atoms with E-state index >= 15 is 0 Å². The van der Waals surface area contributed by atoms with E-state index in [9.17, 15) is 4.79 Å². The first-order valence-corrected chi connectivity index (χ1v) is 4.40. The SMILES string of the molecule is CCOC(=O)CCCCCNN.Cl. The molecular formula is C8H19ClN2O2. The fourth-order valence-corrected chi connectivity index (χ4v) is 0.906. The molecule has 0 saturated heterocycles. The minimum absolute atomic E-state index is 0. The van der Waals surface area contributed by atoms with E-state index < -0.39 is 0 Å². The van der Waals surface area contributed by atoms with E-state index in [2.05, 4.69) is 5.43 Å². The number of esters is 1. The molecule has 0 aliphatic heterocycles. The van der Waals surface area contributed by atoms with Crippen LogP contribution in [0, 0.1) is 0 Å². The van der Waals surface area contributed by atoms with Crippen LogP contribution in [0.5, 0.6) is 0 Å². The maximum absolute atomic E-state index is 10.8. The third-order valence-electron chi connectivity index (χ3n) is 1.51. The summed E-state index contributed by atoms with van der Waals surface area (Å²) in [4.78, 5) is 10.8. The Labute approximate surface area is 85.6 Å². The minimum atomic E-state index is -0.0989. The maximum atomic E-state index is 10.8. The van der Waals surface area contributed by atoms with E-state index in [4.69, 9.17) is 10.6 Å². The predicted octanol–water partition coefficient (Wildman–Crippen LogP) is 0.995. The lowest BCUT2D eigenvalue weighted by molar-refractivity contribution is -0.143. The topological polar surface area (TPSA) is 64.3 Å². The molecule has 0 rings (SSSR count). The Kier molecular flexibility index (Phi) is 13.6. The molecule has 0 amide bonds. The molecule has 0 aromatic heterocycles. The highest BCUT2D eigenvalue weighted by Crippen LogP contribution is 2.00. The van der Waals surface area contributed by atoms with Crippen molar-refractivity contribution in [3.63, 3.8) is 0 Å². The summed E-state index contributed by atoms with van der Waals surface area (Å²) >= 11 is 0. The lowest BCUT2D eigenvalue weighted by Gasteiger charge is -2.01. The average molecular weight is 211 g/mol. The summed E-state index contributed by atoms with van der Waals surface area (Å²) in [5, 5.41) is 0. The number of carbonyl (C=O) groups is 1. The Hall–Kier alpha value is -0.320. The van der Waals surface area contributed by atoms with Crippen LogP contribution in [0.1, 0.15) is 32.6 Å². The van der Waals surface area contributed by atoms with E-state index in [1.165, 1.54) is 0 Å². The maximum Gasteiger partial charge on any atom is 0.305 e. The summed E-state index contributed by atoms with van der Waals surface area (Å²) in [6.45, 7) is 3.10. The van der Waals surface area contributed by atoms with Crippen LogP contribution in [0.3, 0.4) is 0 Å². The summed E-state index contributed by atoms with van der Waals surface area (Å²) in [6.07, 6.45) is 3.44. The van der Waals surface area contributed by atoms with Crippen LogP contribution in [-0.4, -0.2) is 19.1 Å². The van der Waals surface area contributed by atoms with E-state index in [1.54, 1.807) is 0 Å². The molecule has 0 unspecified atom stereocenters. The third kappa shape index (κ3) is 11.7. The van der Waals surface area contributed by atoms with Crippen molar-refractivity contribution in [2.75, 3.05) is 13.2 Å². The first kappa shape index (κ1) is 15.2. The molecule has 13 heavy (non-hydrogen) atoms. The molecule has 0 aliphatic carbocycles. The van der Waals surface area contributed by atoms with Gasteiger partial charge in [-0.15, -0.1) is 12.4 Å². The first-order chi connectivity index (χ1) is 5.81. The Bertz CT molecular complexity index is 123. The molecular weight excluding hydrogens is 192 g/mol. The van der Waals surface area contributed by atoms with Gasteiger partial charge in [-0.05, 0) is 19.8 Å². The van der Waals surface area contributed by atoms with Gasteiger partial charge in [0.25, 0.3) is 0 Å². The molecule has 0 aromatic carbocycles. The largest absolute Gasteiger partial charge is 0.466 e. The lowest BCUT2D eigenvalue weighted by atomic mass is 10.2. The Morgan fingerprint density at radius 1 is 1.38 bits per heavy atom. The fraction of sp³-hybridized carbons (Fsp3) is 0.875. The number of nitrogens with one attached hydrogen (secondary N) is 1. The lowest BCUT2D eigenvalue weighted by Crippen LogP contribution is -2.22. The molecule has 0 radical (unpaired) electrons. The van der Waals surface area contributed by atoms with Crippen molar-refractivity contribution in [1.29, 1.82) is 0 Å². The van der Waals surface area contributed by atoms with Crippen molar-refractivity contribution in [3.8, 4) is 0 Å². The Morgan fingerprint density at radius 2 is 2.08 bits per heavy atom. The highest BCUT2D eigenvalue weighted by Gasteiger charge is 1.99. The highest BCUT2D eigenvalue weighted by atomic mass is 35.5. The van der Waals surface area contributed by atoms with Crippen LogP contribution >= 0.6 is 12.4 Å². The second kappa shape index (κ2) is 11.7. The van der Waals surface area contributed by atoms with Gasteiger partial charge in [0.05, 0.1) is 6.61 Å². The monoisotopic (exact) mass is 210 g/mol. The number of nitrogens with two attached hydrogens (primary N) is 1. The number of halogens is 1. The van der Waals surface area contributed by atoms with Gasteiger partial charge in [0.1, 0.15) is 0 Å². The average Bonchev–Trinajstić information content (AvgIpc) is 2.05. The molecule has 0 saturated carbocycles. The summed E-state index contributed by atoms with van der Waals surface area (Å²) in [6, 6.07) is 0. The van der Waals surface area contributed by atoms with Gasteiger partial charge in [-0.1, -0.05) is 6.42 Å². The van der Waals surface area contributed by atoms with E-state index in [1.807, 2.05) is 6.92 Å². The molecule has 3 N–H and O–H groups in total. The molecule has 4 nitrogen and oxygen atoms in total. The van der Waals surface area contributed by atoms with Gasteiger partial charge in [0.2, 0.25) is 0 Å². The Balaban J connectivity index is 0. The molecule has 0 aromatic rings. The zero-order chi connectivity index (χ0) is 9.23. The molecule has 0 bridgehead atoms. The zero-order valence-electron chi connectivity index (χ0n) is 8.04. The van der Waals surface area contributed by atoms with Crippen LogP contribution in [0.2, 0.25) is 0 Å². The number of hydrogen-bond acceptors (Lipinski definition) is 4. The number of unbranched alkanes of at least 4 members (excludes halogenated alkanes) is 2. The second-order valence-electron chi connectivity index (χ2n) is 2.57. The highest BCUT2D eigenvalue weighted by molar-refractivity contribution is 5.85. The van der Waals surface area contributed by atoms with E-state index in [0.717, 1.165) is 25.8 Å². The number of hydrogen-bond donors (Lipinski definition) is 2. The van der Waals surface area contributed by atoms with Crippen LogP contribution in [0.4, 0.5) is 0 Å². The zero-order valence-corrected chi connectivity index (χ0v) is 8.86. The van der Waals surface area contributed by atoms with Crippen LogP contribution < -0.4 is 11.3 Å². The molecule has 0 atom stereocenters. The van der Waals surface area contributed by atoms with Gasteiger partial charge in [0, 0.05) is 13.0 Å². The van der Waals surface area contributed by atoms with E-state index in [-0.39, 0.29) is 18.4 Å². The smallest absolute Gasteiger partial charge is 0.305 e. The van der Waals surface area contributed by atoms with Gasteiger partial charge < -0.3 is 4.74 Å². The molecule has 0 heterocycles. The molecule has 0 aliphatic rings. The van der Waals surface area contributed by atoms with Crippen LogP contribution in [-0.2, 0) is 9.53 Å². The Morgan fingerprint density at radius 3 is 2.62 bits per heavy atom. The summed E-state index contributed by atoms with van der Waals surface area (Å²) in [5.74, 6) is 4.98. The van der Waals surface area contributed by atoms with Crippen LogP contribution in [0.25, 0.3) is 0 Å². The molecule has 0 spiro atoms.